The zero-order valence-corrected chi connectivity index (χ0v) is 17.5. The highest BCUT2D eigenvalue weighted by Crippen LogP contribution is 2.30. The second kappa shape index (κ2) is 7.21. The summed E-state index contributed by atoms with van der Waals surface area (Å²) in [7, 11) is 0. The minimum atomic E-state index is 0.120. The summed E-state index contributed by atoms with van der Waals surface area (Å²) < 4.78 is 1.83. The van der Waals surface area contributed by atoms with Crippen molar-refractivity contribution in [2.45, 2.75) is 38.8 Å². The van der Waals surface area contributed by atoms with Crippen LogP contribution in [-0.2, 0) is 0 Å². The van der Waals surface area contributed by atoms with Crippen LogP contribution in [0.25, 0.3) is 27.8 Å². The van der Waals surface area contributed by atoms with E-state index >= 15 is 0 Å². The topological polar surface area (TPSA) is 87.5 Å². The summed E-state index contributed by atoms with van der Waals surface area (Å²) in [5.74, 6) is 0.925. The molecule has 5 rings (SSSR count). The van der Waals surface area contributed by atoms with Crippen LogP contribution in [0.1, 0.15) is 27.2 Å². The molecule has 8 heteroatoms. The molecule has 1 aliphatic heterocycles. The maximum Gasteiger partial charge on any atom is 0.151 e. The van der Waals surface area contributed by atoms with Crippen molar-refractivity contribution in [2.75, 3.05) is 18.0 Å². The molecule has 0 saturated carbocycles. The molecule has 1 fully saturated rings. The van der Waals surface area contributed by atoms with E-state index in [-0.39, 0.29) is 5.54 Å². The summed E-state index contributed by atoms with van der Waals surface area (Å²) in [6, 6.07) is 10.6. The van der Waals surface area contributed by atoms with E-state index < -0.39 is 0 Å². The van der Waals surface area contributed by atoms with Crippen molar-refractivity contribution in [3.63, 3.8) is 0 Å². The van der Waals surface area contributed by atoms with Crippen molar-refractivity contribution in [3.8, 4) is 16.9 Å². The van der Waals surface area contributed by atoms with Gasteiger partial charge < -0.3 is 10.2 Å². The van der Waals surface area contributed by atoms with Crippen molar-refractivity contribution in [2.24, 2.45) is 0 Å². The lowest BCUT2D eigenvalue weighted by Crippen LogP contribution is -2.45. The molecular formula is C22H26N8. The third-order valence-electron chi connectivity index (χ3n) is 5.42. The highest BCUT2D eigenvalue weighted by atomic mass is 15.3. The minimum Gasteiger partial charge on any atom is -0.354 e. The van der Waals surface area contributed by atoms with E-state index in [4.69, 9.17) is 0 Å². The minimum absolute atomic E-state index is 0.120. The number of benzene rings is 1. The second-order valence-corrected chi connectivity index (χ2v) is 8.84. The van der Waals surface area contributed by atoms with Crippen LogP contribution < -0.4 is 10.2 Å². The van der Waals surface area contributed by atoms with Gasteiger partial charge in [-0.1, -0.05) is 0 Å². The molecule has 1 atom stereocenters. The van der Waals surface area contributed by atoms with Gasteiger partial charge in [-0.15, -0.1) is 10.2 Å². The first-order valence-electron chi connectivity index (χ1n) is 10.3. The summed E-state index contributed by atoms with van der Waals surface area (Å²) in [6.07, 6.45) is 6.63. The average Bonchev–Trinajstić information content (AvgIpc) is 3.47. The smallest absolute Gasteiger partial charge is 0.151 e. The quantitative estimate of drug-likeness (QED) is 0.545. The highest BCUT2D eigenvalue weighted by molar-refractivity contribution is 5.97. The van der Waals surface area contributed by atoms with E-state index in [1.165, 1.54) is 0 Å². The number of nitrogens with zero attached hydrogens (tertiary/aromatic N) is 6. The third kappa shape index (κ3) is 3.54. The maximum atomic E-state index is 4.54. The van der Waals surface area contributed by atoms with Crippen molar-refractivity contribution in [1.82, 2.24) is 35.5 Å². The molecule has 0 radical (unpaired) electrons. The molecule has 4 heterocycles. The van der Waals surface area contributed by atoms with Crippen molar-refractivity contribution >= 4 is 16.7 Å². The molecular weight excluding hydrogens is 376 g/mol. The van der Waals surface area contributed by atoms with Crippen LogP contribution in [0.3, 0.4) is 0 Å². The Hall–Kier alpha value is -3.26. The van der Waals surface area contributed by atoms with E-state index in [0.29, 0.717) is 6.04 Å². The third-order valence-corrected chi connectivity index (χ3v) is 5.42. The molecule has 8 nitrogen and oxygen atoms in total. The van der Waals surface area contributed by atoms with Crippen LogP contribution in [-0.4, -0.2) is 54.8 Å². The molecule has 3 aromatic heterocycles. The lowest BCUT2D eigenvalue weighted by Gasteiger charge is -2.26. The standard InChI is InChI=1S/C22H26N8/c1-22(2,3)25-15-9-12-29(14-15)20-8-6-18(26-27-20)16-5-7-19(30-11-4-10-24-30)21-17(16)13-23-28-21/h4-8,10-11,13,15,25H,9,12,14H2,1-3H3,(H,23,28). The molecule has 0 amide bonds. The van der Waals surface area contributed by atoms with Gasteiger partial charge in [0.2, 0.25) is 0 Å². The Balaban J connectivity index is 1.40. The lowest BCUT2D eigenvalue weighted by molar-refractivity contribution is 0.373. The largest absolute Gasteiger partial charge is 0.354 e. The van der Waals surface area contributed by atoms with E-state index in [1.54, 1.807) is 6.20 Å². The molecule has 1 aromatic carbocycles. The Morgan fingerprint density at radius 2 is 2.03 bits per heavy atom. The Labute approximate surface area is 175 Å². The zero-order valence-electron chi connectivity index (χ0n) is 17.5. The number of hydrogen-bond donors (Lipinski definition) is 2. The number of aromatic amines is 1. The van der Waals surface area contributed by atoms with Gasteiger partial charge in [-0.25, -0.2) is 4.68 Å². The number of rotatable bonds is 4. The van der Waals surface area contributed by atoms with Crippen molar-refractivity contribution in [1.29, 1.82) is 0 Å². The van der Waals surface area contributed by atoms with Gasteiger partial charge in [-0.3, -0.25) is 5.10 Å². The zero-order chi connectivity index (χ0) is 20.7. The normalized spacial score (nSPS) is 17.2. The summed E-state index contributed by atoms with van der Waals surface area (Å²) in [4.78, 5) is 2.30. The first kappa shape index (κ1) is 18.7. The van der Waals surface area contributed by atoms with Crippen LogP contribution in [0.4, 0.5) is 5.82 Å². The number of anilines is 1. The van der Waals surface area contributed by atoms with Crippen LogP contribution >= 0.6 is 0 Å². The molecule has 154 valence electrons. The summed E-state index contributed by atoms with van der Waals surface area (Å²) in [5.41, 5.74) is 3.84. The number of aromatic nitrogens is 6. The predicted octanol–water partition coefficient (Wildman–Crippen LogP) is 3.17. The maximum absolute atomic E-state index is 4.54. The Morgan fingerprint density at radius 1 is 1.13 bits per heavy atom. The molecule has 1 saturated heterocycles. The van der Waals surface area contributed by atoms with Gasteiger partial charge in [-0.05, 0) is 57.5 Å². The molecule has 30 heavy (non-hydrogen) atoms. The van der Waals surface area contributed by atoms with Crippen LogP contribution in [0.5, 0.6) is 0 Å². The average molecular weight is 403 g/mol. The highest BCUT2D eigenvalue weighted by Gasteiger charge is 2.26. The van der Waals surface area contributed by atoms with E-state index in [0.717, 1.165) is 53.2 Å². The molecule has 0 spiro atoms. The fourth-order valence-electron chi connectivity index (χ4n) is 4.18. The van der Waals surface area contributed by atoms with Crippen LogP contribution in [0, 0.1) is 0 Å². The summed E-state index contributed by atoms with van der Waals surface area (Å²) in [6.45, 7) is 8.57. The molecule has 4 aromatic rings. The Kier molecular flexibility index (Phi) is 4.51. The van der Waals surface area contributed by atoms with Crippen LogP contribution in [0.15, 0.2) is 48.9 Å². The molecule has 2 N–H and O–H groups in total. The Bertz CT molecular complexity index is 1140. The lowest BCUT2D eigenvalue weighted by atomic mass is 10.1. The predicted molar refractivity (Wildman–Crippen MR) is 118 cm³/mol. The molecule has 0 aliphatic carbocycles. The van der Waals surface area contributed by atoms with Gasteiger partial charge in [-0.2, -0.15) is 10.2 Å². The summed E-state index contributed by atoms with van der Waals surface area (Å²) in [5, 5.41) is 25.4. The summed E-state index contributed by atoms with van der Waals surface area (Å²) >= 11 is 0. The van der Waals surface area contributed by atoms with E-state index in [9.17, 15) is 0 Å². The second-order valence-electron chi connectivity index (χ2n) is 8.84. The van der Waals surface area contributed by atoms with E-state index in [2.05, 4.69) is 68.6 Å². The Morgan fingerprint density at radius 3 is 2.77 bits per heavy atom. The van der Waals surface area contributed by atoms with Gasteiger partial charge in [0.15, 0.2) is 5.82 Å². The monoisotopic (exact) mass is 402 g/mol. The number of H-pyrrole nitrogens is 1. The number of hydrogen-bond acceptors (Lipinski definition) is 6. The van der Waals surface area contributed by atoms with Gasteiger partial charge in [0, 0.05) is 48.0 Å². The first-order valence-corrected chi connectivity index (χ1v) is 10.3. The number of nitrogens with one attached hydrogen (secondary N) is 2. The first-order chi connectivity index (χ1) is 14.5. The fourth-order valence-corrected chi connectivity index (χ4v) is 4.18. The van der Waals surface area contributed by atoms with Gasteiger partial charge in [0.25, 0.3) is 0 Å². The van der Waals surface area contributed by atoms with Gasteiger partial charge >= 0.3 is 0 Å². The molecule has 1 unspecified atom stereocenters. The van der Waals surface area contributed by atoms with Crippen molar-refractivity contribution < 1.29 is 0 Å². The SMILES string of the molecule is CC(C)(C)NC1CCN(c2ccc(-c3ccc(-n4cccn4)c4[nH]ncc34)nn2)C1. The van der Waals surface area contributed by atoms with Crippen molar-refractivity contribution in [3.05, 3.63) is 48.9 Å². The number of fused-ring (bicyclic) bond motifs is 1. The molecule has 0 bridgehead atoms. The van der Waals surface area contributed by atoms with Gasteiger partial charge in [0.05, 0.1) is 23.1 Å². The van der Waals surface area contributed by atoms with Crippen LogP contribution in [0.2, 0.25) is 0 Å². The van der Waals surface area contributed by atoms with E-state index in [1.807, 2.05) is 35.3 Å². The fraction of sp³-hybridized carbons (Fsp3) is 0.364. The van der Waals surface area contributed by atoms with Gasteiger partial charge in [0.1, 0.15) is 0 Å². The molecule has 1 aliphatic rings.